The van der Waals surface area contributed by atoms with E-state index in [0.29, 0.717) is 0 Å². The maximum atomic E-state index is 10.8. The molecule has 0 amide bonds. The lowest BCUT2D eigenvalue weighted by atomic mass is 10.1. The van der Waals surface area contributed by atoms with Crippen LogP contribution in [0, 0.1) is 10.1 Å². The van der Waals surface area contributed by atoms with Crippen LogP contribution in [0.2, 0.25) is 0 Å². The van der Waals surface area contributed by atoms with Gasteiger partial charge in [0.05, 0.1) is 11.5 Å². The molecule has 8 heteroatoms. The number of benzene rings is 1. The Hall–Kier alpha value is -1.74. The van der Waals surface area contributed by atoms with E-state index in [1.807, 2.05) is 0 Å². The molecule has 1 heterocycles. The summed E-state index contributed by atoms with van der Waals surface area (Å²) in [5, 5.41) is 41.7. The molecule has 104 valence electrons. The fourth-order valence-electron chi connectivity index (χ4n) is 1.93. The van der Waals surface area contributed by atoms with Crippen LogP contribution in [0.15, 0.2) is 24.3 Å². The van der Waals surface area contributed by atoms with Gasteiger partial charge in [0.2, 0.25) is 0 Å². The van der Waals surface area contributed by atoms with Gasteiger partial charge in [-0.15, -0.1) is 0 Å². The van der Waals surface area contributed by atoms with Crippen molar-refractivity contribution in [1.29, 1.82) is 0 Å². The molecule has 1 fully saturated rings. The summed E-state index contributed by atoms with van der Waals surface area (Å²) in [6.07, 6.45) is -4.47. The number of anilines is 1. The van der Waals surface area contributed by atoms with E-state index in [4.69, 9.17) is 9.84 Å². The highest BCUT2D eigenvalue weighted by molar-refractivity contribution is 5.61. The van der Waals surface area contributed by atoms with Gasteiger partial charge >= 0.3 is 0 Å². The Morgan fingerprint density at radius 3 is 2.58 bits per heavy atom. The van der Waals surface area contributed by atoms with E-state index in [-0.39, 0.29) is 11.4 Å². The van der Waals surface area contributed by atoms with E-state index < -0.39 is 36.1 Å². The Balaban J connectivity index is 2.16. The molecule has 8 nitrogen and oxygen atoms in total. The minimum Gasteiger partial charge on any atom is -0.394 e. The summed E-state index contributed by atoms with van der Waals surface area (Å²) < 4.78 is 5.19. The molecule has 0 aromatic heterocycles. The predicted octanol–water partition coefficient (Wildman–Crippen LogP) is -0.554. The number of aliphatic hydroxyl groups excluding tert-OH is 3. The van der Waals surface area contributed by atoms with E-state index in [0.717, 1.165) is 0 Å². The third-order valence-corrected chi connectivity index (χ3v) is 2.94. The second-order valence-electron chi connectivity index (χ2n) is 4.18. The molecule has 0 bridgehead atoms. The minimum atomic E-state index is -1.28. The maximum Gasteiger partial charge on any atom is 0.292 e. The molecule has 2 rings (SSSR count). The van der Waals surface area contributed by atoms with Crippen molar-refractivity contribution >= 4 is 11.4 Å². The van der Waals surface area contributed by atoms with E-state index in [2.05, 4.69) is 5.32 Å². The normalized spacial score (nSPS) is 30.3. The lowest BCUT2D eigenvalue weighted by Gasteiger charge is -2.17. The molecule has 0 saturated carbocycles. The van der Waals surface area contributed by atoms with Crippen molar-refractivity contribution in [2.24, 2.45) is 0 Å². The van der Waals surface area contributed by atoms with E-state index >= 15 is 0 Å². The van der Waals surface area contributed by atoms with Crippen LogP contribution in [0.3, 0.4) is 0 Å². The van der Waals surface area contributed by atoms with Crippen LogP contribution in [0.1, 0.15) is 0 Å². The summed E-state index contributed by atoms with van der Waals surface area (Å²) in [5.41, 5.74) is 0.00239. The zero-order valence-corrected chi connectivity index (χ0v) is 9.84. The number of nitro groups is 1. The quantitative estimate of drug-likeness (QED) is 0.427. The number of aliphatic hydroxyl groups is 3. The molecule has 0 unspecified atom stereocenters. The van der Waals surface area contributed by atoms with Crippen LogP contribution in [0.25, 0.3) is 0 Å². The summed E-state index contributed by atoms with van der Waals surface area (Å²) in [6, 6.07) is 5.88. The van der Waals surface area contributed by atoms with Gasteiger partial charge in [-0.3, -0.25) is 10.1 Å². The highest BCUT2D eigenvalue weighted by Gasteiger charge is 2.42. The zero-order chi connectivity index (χ0) is 14.0. The molecule has 0 spiro atoms. The Labute approximate surface area is 108 Å². The fourth-order valence-corrected chi connectivity index (χ4v) is 1.93. The van der Waals surface area contributed by atoms with Gasteiger partial charge in [-0.2, -0.15) is 0 Å². The van der Waals surface area contributed by atoms with Gasteiger partial charge in [-0.05, 0) is 6.07 Å². The number of nitro benzene ring substituents is 1. The zero-order valence-electron chi connectivity index (χ0n) is 9.84. The topological polar surface area (TPSA) is 125 Å². The van der Waals surface area contributed by atoms with E-state index in [9.17, 15) is 20.3 Å². The standard InChI is InChI=1S/C11H14N2O6/c14-5-8-9(15)10(16)11(19-8)12-6-3-1-2-4-7(6)13(17)18/h1-4,8-12,14-16H,5H2/t8-,9+,10+,11+/m0/s1. The summed E-state index contributed by atoms with van der Waals surface area (Å²) in [6.45, 7) is -0.451. The van der Waals surface area contributed by atoms with Crippen molar-refractivity contribution in [2.45, 2.75) is 24.5 Å². The van der Waals surface area contributed by atoms with Gasteiger partial charge < -0.3 is 25.4 Å². The molecular weight excluding hydrogens is 256 g/mol. The molecule has 4 atom stereocenters. The maximum absolute atomic E-state index is 10.8. The first kappa shape index (κ1) is 13.7. The van der Waals surface area contributed by atoms with E-state index in [1.165, 1.54) is 18.2 Å². The Bertz CT molecular complexity index is 468. The van der Waals surface area contributed by atoms with Gasteiger partial charge in [-0.25, -0.2) is 0 Å². The average molecular weight is 270 g/mol. The lowest BCUT2D eigenvalue weighted by Crippen LogP contribution is -2.36. The first-order valence-corrected chi connectivity index (χ1v) is 5.67. The molecule has 19 heavy (non-hydrogen) atoms. The number of nitrogens with zero attached hydrogens (tertiary/aromatic N) is 1. The first-order chi connectivity index (χ1) is 9.04. The summed E-state index contributed by atoms with van der Waals surface area (Å²) in [7, 11) is 0. The van der Waals surface area contributed by atoms with Crippen molar-refractivity contribution in [3.05, 3.63) is 34.4 Å². The van der Waals surface area contributed by atoms with Crippen LogP contribution in [0.5, 0.6) is 0 Å². The minimum absolute atomic E-state index is 0.166. The molecule has 1 saturated heterocycles. The van der Waals surface area contributed by atoms with E-state index in [1.54, 1.807) is 6.07 Å². The lowest BCUT2D eigenvalue weighted by molar-refractivity contribution is -0.384. The van der Waals surface area contributed by atoms with Crippen molar-refractivity contribution < 1.29 is 25.0 Å². The number of hydrogen-bond acceptors (Lipinski definition) is 7. The first-order valence-electron chi connectivity index (χ1n) is 5.67. The number of rotatable bonds is 4. The van der Waals surface area contributed by atoms with Crippen LogP contribution < -0.4 is 5.32 Å². The van der Waals surface area contributed by atoms with Crippen LogP contribution >= 0.6 is 0 Å². The molecule has 0 radical (unpaired) electrons. The Morgan fingerprint density at radius 1 is 1.32 bits per heavy atom. The largest absolute Gasteiger partial charge is 0.394 e. The highest BCUT2D eigenvalue weighted by atomic mass is 16.6. The smallest absolute Gasteiger partial charge is 0.292 e. The molecular formula is C11H14N2O6. The molecule has 0 aliphatic carbocycles. The van der Waals surface area contributed by atoms with Crippen LogP contribution in [-0.2, 0) is 4.74 Å². The fraction of sp³-hybridized carbons (Fsp3) is 0.455. The van der Waals surface area contributed by atoms with Gasteiger partial charge in [0.25, 0.3) is 5.69 Å². The predicted molar refractivity (Wildman–Crippen MR) is 64.5 cm³/mol. The SMILES string of the molecule is O=[N+]([O-])c1ccccc1N[C@@H]1O[C@@H](CO)[C@@H](O)[C@H]1O. The number of para-hydroxylation sites is 2. The van der Waals surface area contributed by atoms with Crippen LogP contribution in [0.4, 0.5) is 11.4 Å². The number of nitrogens with one attached hydrogen (secondary N) is 1. The number of hydrogen-bond donors (Lipinski definition) is 4. The Kier molecular flexibility index (Phi) is 3.96. The van der Waals surface area contributed by atoms with Crippen LogP contribution in [-0.4, -0.2) is 51.4 Å². The van der Waals surface area contributed by atoms with Gasteiger partial charge in [0.15, 0.2) is 6.23 Å². The summed E-state index contributed by atoms with van der Waals surface area (Å²) in [5.74, 6) is 0. The summed E-state index contributed by atoms with van der Waals surface area (Å²) >= 11 is 0. The third-order valence-electron chi connectivity index (χ3n) is 2.94. The highest BCUT2D eigenvalue weighted by Crippen LogP contribution is 2.28. The molecule has 1 aromatic rings. The number of ether oxygens (including phenoxy) is 1. The van der Waals surface area contributed by atoms with Gasteiger partial charge in [-0.1, -0.05) is 12.1 Å². The van der Waals surface area contributed by atoms with Crippen molar-refractivity contribution in [2.75, 3.05) is 11.9 Å². The average Bonchev–Trinajstić information content (AvgIpc) is 2.67. The van der Waals surface area contributed by atoms with Crippen molar-refractivity contribution in [1.82, 2.24) is 0 Å². The second-order valence-corrected chi connectivity index (χ2v) is 4.18. The van der Waals surface area contributed by atoms with Crippen molar-refractivity contribution in [3.8, 4) is 0 Å². The van der Waals surface area contributed by atoms with Gasteiger partial charge in [0, 0.05) is 6.07 Å². The Morgan fingerprint density at radius 2 is 2.00 bits per heavy atom. The monoisotopic (exact) mass is 270 g/mol. The summed E-state index contributed by atoms with van der Waals surface area (Å²) in [4.78, 5) is 10.3. The molecule has 4 N–H and O–H groups in total. The molecule has 1 aliphatic heterocycles. The second kappa shape index (κ2) is 5.49. The third kappa shape index (κ3) is 2.66. The molecule has 1 aromatic carbocycles. The van der Waals surface area contributed by atoms with Gasteiger partial charge in [0.1, 0.15) is 24.0 Å². The van der Waals surface area contributed by atoms with Crippen molar-refractivity contribution in [3.63, 3.8) is 0 Å². The molecule has 1 aliphatic rings.